The van der Waals surface area contributed by atoms with E-state index in [0.29, 0.717) is 18.8 Å². The molecule has 0 spiro atoms. The zero-order valence-electron chi connectivity index (χ0n) is 11.2. The van der Waals surface area contributed by atoms with Gasteiger partial charge in [0.05, 0.1) is 17.1 Å². The summed E-state index contributed by atoms with van der Waals surface area (Å²) in [5.41, 5.74) is -0.515. The molecule has 0 aromatic heterocycles. The fraction of sp³-hybridized carbons (Fsp3) is 0.462. The van der Waals surface area contributed by atoms with E-state index in [0.717, 1.165) is 0 Å². The van der Waals surface area contributed by atoms with Gasteiger partial charge in [-0.2, -0.15) is 5.26 Å². The molecule has 0 heterocycles. The molecule has 19 heavy (non-hydrogen) atoms. The largest absolute Gasteiger partial charge is 0.493 e. The summed E-state index contributed by atoms with van der Waals surface area (Å²) in [6.07, 6.45) is 0.669. The first kappa shape index (κ1) is 14.9. The van der Waals surface area contributed by atoms with Crippen LogP contribution in [0, 0.1) is 21.4 Å². The standard InChI is InChI=1S/C13H16N2O4/c1-13(2,18-3)6-7-19-11-4-5-12(15(16)17)10(8-11)9-14/h4-5,8H,6-7H2,1-3H3. The number of benzene rings is 1. The van der Waals surface area contributed by atoms with Crippen LogP contribution in [-0.2, 0) is 4.74 Å². The summed E-state index contributed by atoms with van der Waals surface area (Å²) in [6, 6.07) is 5.92. The molecule has 1 aromatic carbocycles. The minimum absolute atomic E-state index is 0.00602. The van der Waals surface area contributed by atoms with Crippen LogP contribution in [0.15, 0.2) is 18.2 Å². The van der Waals surface area contributed by atoms with Gasteiger partial charge < -0.3 is 9.47 Å². The molecule has 6 nitrogen and oxygen atoms in total. The summed E-state index contributed by atoms with van der Waals surface area (Å²) in [4.78, 5) is 10.1. The Kier molecular flexibility index (Phi) is 4.84. The average Bonchev–Trinajstić information content (AvgIpc) is 2.38. The highest BCUT2D eigenvalue weighted by molar-refractivity contribution is 5.52. The zero-order chi connectivity index (χ0) is 14.5. The molecule has 0 aliphatic carbocycles. The van der Waals surface area contributed by atoms with E-state index in [1.807, 2.05) is 13.8 Å². The van der Waals surface area contributed by atoms with Crippen LogP contribution in [0.4, 0.5) is 5.69 Å². The molecule has 0 atom stereocenters. The summed E-state index contributed by atoms with van der Waals surface area (Å²) < 4.78 is 10.7. The van der Waals surface area contributed by atoms with Gasteiger partial charge in [0.25, 0.3) is 5.69 Å². The Morgan fingerprint density at radius 2 is 2.16 bits per heavy atom. The van der Waals surface area contributed by atoms with Gasteiger partial charge in [0.1, 0.15) is 17.4 Å². The van der Waals surface area contributed by atoms with Crippen molar-refractivity contribution in [1.29, 1.82) is 5.26 Å². The third-order valence-corrected chi connectivity index (χ3v) is 2.81. The summed E-state index contributed by atoms with van der Waals surface area (Å²) in [5.74, 6) is 0.439. The Morgan fingerprint density at radius 3 is 2.68 bits per heavy atom. The fourth-order valence-electron chi connectivity index (χ4n) is 1.37. The van der Waals surface area contributed by atoms with Crippen LogP contribution in [-0.4, -0.2) is 24.2 Å². The maximum Gasteiger partial charge on any atom is 0.287 e. The van der Waals surface area contributed by atoms with E-state index in [-0.39, 0.29) is 16.9 Å². The van der Waals surface area contributed by atoms with Crippen molar-refractivity contribution >= 4 is 5.69 Å². The van der Waals surface area contributed by atoms with Gasteiger partial charge in [-0.3, -0.25) is 10.1 Å². The third kappa shape index (κ3) is 4.23. The molecular weight excluding hydrogens is 248 g/mol. The smallest absolute Gasteiger partial charge is 0.287 e. The minimum atomic E-state index is -0.587. The number of nitrogens with zero attached hydrogens (tertiary/aromatic N) is 2. The minimum Gasteiger partial charge on any atom is -0.493 e. The van der Waals surface area contributed by atoms with Crippen molar-refractivity contribution in [3.8, 4) is 11.8 Å². The van der Waals surface area contributed by atoms with Gasteiger partial charge in [-0.1, -0.05) is 0 Å². The number of nitro groups is 1. The quantitative estimate of drug-likeness (QED) is 0.582. The van der Waals surface area contributed by atoms with Crippen LogP contribution < -0.4 is 4.74 Å². The van der Waals surface area contributed by atoms with Crippen molar-refractivity contribution < 1.29 is 14.4 Å². The van der Waals surface area contributed by atoms with E-state index in [1.165, 1.54) is 18.2 Å². The van der Waals surface area contributed by atoms with Crippen LogP contribution in [0.2, 0.25) is 0 Å². The van der Waals surface area contributed by atoms with Crippen molar-refractivity contribution in [3.63, 3.8) is 0 Å². The van der Waals surface area contributed by atoms with Crippen LogP contribution in [0.3, 0.4) is 0 Å². The maximum absolute atomic E-state index is 10.7. The second-order valence-electron chi connectivity index (χ2n) is 4.61. The monoisotopic (exact) mass is 264 g/mol. The average molecular weight is 264 g/mol. The zero-order valence-corrected chi connectivity index (χ0v) is 11.2. The SMILES string of the molecule is COC(C)(C)CCOc1ccc([N+](=O)[O-])c(C#N)c1. The number of nitriles is 1. The molecule has 0 saturated heterocycles. The van der Waals surface area contributed by atoms with Crippen molar-refractivity contribution in [2.24, 2.45) is 0 Å². The van der Waals surface area contributed by atoms with Crippen molar-refractivity contribution in [2.45, 2.75) is 25.9 Å². The highest BCUT2D eigenvalue weighted by atomic mass is 16.6. The molecule has 0 radical (unpaired) electrons. The summed E-state index contributed by atoms with van der Waals surface area (Å²) in [6.45, 7) is 4.28. The fourth-order valence-corrected chi connectivity index (χ4v) is 1.37. The Balaban J connectivity index is 2.71. The predicted molar refractivity (Wildman–Crippen MR) is 69.0 cm³/mol. The lowest BCUT2D eigenvalue weighted by molar-refractivity contribution is -0.385. The van der Waals surface area contributed by atoms with Gasteiger partial charge in [-0.05, 0) is 19.9 Å². The summed E-state index contributed by atoms with van der Waals surface area (Å²) >= 11 is 0. The Morgan fingerprint density at radius 1 is 1.47 bits per heavy atom. The molecule has 0 aliphatic heterocycles. The van der Waals surface area contributed by atoms with Gasteiger partial charge in [-0.25, -0.2) is 0 Å². The van der Waals surface area contributed by atoms with Crippen molar-refractivity contribution in [1.82, 2.24) is 0 Å². The van der Waals surface area contributed by atoms with Gasteiger partial charge in [0, 0.05) is 25.7 Å². The van der Waals surface area contributed by atoms with Crippen LogP contribution >= 0.6 is 0 Å². The van der Waals surface area contributed by atoms with Crippen LogP contribution in [0.5, 0.6) is 5.75 Å². The molecule has 0 bridgehead atoms. The highest BCUT2D eigenvalue weighted by Gasteiger charge is 2.17. The summed E-state index contributed by atoms with van der Waals surface area (Å²) in [5, 5.41) is 19.5. The highest BCUT2D eigenvalue weighted by Crippen LogP contribution is 2.24. The number of rotatable bonds is 6. The lowest BCUT2D eigenvalue weighted by Gasteiger charge is -2.22. The van der Waals surface area contributed by atoms with Gasteiger partial charge in [0.2, 0.25) is 0 Å². The lowest BCUT2D eigenvalue weighted by Crippen LogP contribution is -2.25. The van der Waals surface area contributed by atoms with Gasteiger partial charge in [-0.15, -0.1) is 0 Å². The molecule has 0 aliphatic rings. The molecule has 6 heteroatoms. The summed E-state index contributed by atoms with van der Waals surface area (Å²) in [7, 11) is 1.62. The molecule has 0 N–H and O–H groups in total. The Hall–Kier alpha value is -2.13. The molecule has 0 fully saturated rings. The van der Waals surface area contributed by atoms with Crippen LogP contribution in [0.1, 0.15) is 25.8 Å². The second kappa shape index (κ2) is 6.16. The lowest BCUT2D eigenvalue weighted by atomic mass is 10.1. The van der Waals surface area contributed by atoms with Crippen molar-refractivity contribution in [3.05, 3.63) is 33.9 Å². The first-order valence-electron chi connectivity index (χ1n) is 5.76. The van der Waals surface area contributed by atoms with Gasteiger partial charge in [0.15, 0.2) is 0 Å². The van der Waals surface area contributed by atoms with E-state index in [2.05, 4.69) is 0 Å². The molecule has 102 valence electrons. The predicted octanol–water partition coefficient (Wildman–Crippen LogP) is 2.66. The second-order valence-corrected chi connectivity index (χ2v) is 4.61. The topological polar surface area (TPSA) is 85.4 Å². The third-order valence-electron chi connectivity index (χ3n) is 2.81. The molecule has 0 saturated carbocycles. The van der Waals surface area contributed by atoms with Crippen LogP contribution in [0.25, 0.3) is 0 Å². The molecule has 1 rings (SSSR count). The number of methoxy groups -OCH3 is 1. The Bertz CT molecular complexity index is 506. The van der Waals surface area contributed by atoms with E-state index in [1.54, 1.807) is 13.2 Å². The molecule has 1 aromatic rings. The first-order valence-corrected chi connectivity index (χ1v) is 5.76. The number of hydrogen-bond donors (Lipinski definition) is 0. The Labute approximate surface area is 111 Å². The number of hydrogen-bond acceptors (Lipinski definition) is 5. The molecular formula is C13H16N2O4. The first-order chi connectivity index (χ1) is 8.89. The van der Waals surface area contributed by atoms with E-state index in [9.17, 15) is 10.1 Å². The van der Waals surface area contributed by atoms with E-state index in [4.69, 9.17) is 14.7 Å². The number of ether oxygens (including phenoxy) is 2. The number of nitro benzene ring substituents is 1. The molecule has 0 amide bonds. The van der Waals surface area contributed by atoms with Crippen molar-refractivity contribution in [2.75, 3.05) is 13.7 Å². The van der Waals surface area contributed by atoms with Gasteiger partial charge >= 0.3 is 0 Å². The van der Waals surface area contributed by atoms with E-state index >= 15 is 0 Å². The van der Waals surface area contributed by atoms with E-state index < -0.39 is 4.92 Å². The normalized spacial score (nSPS) is 10.8. The maximum atomic E-state index is 10.7. The molecule has 0 unspecified atom stereocenters.